The number of likely N-dealkylation sites (N-methyl/N-ethyl adjacent to an activating group) is 1. The summed E-state index contributed by atoms with van der Waals surface area (Å²) in [7, 11) is 3.84. The molecule has 3 nitrogen and oxygen atoms in total. The number of rotatable bonds is 6. The minimum absolute atomic E-state index is 0.244. The second-order valence-electron chi connectivity index (χ2n) is 5.14. The maximum absolute atomic E-state index is 5.96. The molecule has 2 atom stereocenters. The lowest BCUT2D eigenvalue weighted by atomic mass is 9.99. The van der Waals surface area contributed by atoms with Crippen LogP contribution < -0.4 is 5.73 Å². The van der Waals surface area contributed by atoms with Crippen molar-refractivity contribution in [1.82, 2.24) is 4.90 Å². The van der Waals surface area contributed by atoms with Crippen molar-refractivity contribution in [3.63, 3.8) is 0 Å². The maximum atomic E-state index is 5.96. The first-order valence-corrected chi connectivity index (χ1v) is 6.48. The van der Waals surface area contributed by atoms with Gasteiger partial charge in [0.05, 0.1) is 6.61 Å². The van der Waals surface area contributed by atoms with Crippen LogP contribution in [-0.4, -0.2) is 38.3 Å². The first-order chi connectivity index (χ1) is 8.49. The van der Waals surface area contributed by atoms with E-state index in [0.717, 1.165) is 6.61 Å². The largest absolute Gasteiger partial charge is 0.383 e. The van der Waals surface area contributed by atoms with Crippen LogP contribution in [0.25, 0.3) is 0 Å². The van der Waals surface area contributed by atoms with Crippen LogP contribution in [0.3, 0.4) is 0 Å². The van der Waals surface area contributed by atoms with Gasteiger partial charge in [-0.05, 0) is 33.4 Å². The molecule has 0 spiro atoms. The Morgan fingerprint density at radius 2 is 1.78 bits per heavy atom. The summed E-state index contributed by atoms with van der Waals surface area (Å²) in [5.74, 6) is 0. The quantitative estimate of drug-likeness (QED) is 0.841. The highest BCUT2D eigenvalue weighted by Gasteiger charge is 2.20. The molecule has 2 N–H and O–H groups in total. The van der Waals surface area contributed by atoms with Gasteiger partial charge in [-0.15, -0.1) is 0 Å². The van der Waals surface area contributed by atoms with Crippen molar-refractivity contribution in [3.8, 4) is 0 Å². The van der Waals surface area contributed by atoms with E-state index in [9.17, 15) is 0 Å². The van der Waals surface area contributed by atoms with Crippen molar-refractivity contribution in [1.29, 1.82) is 0 Å². The Kier molecular flexibility index (Phi) is 5.79. The number of methoxy groups -OCH3 is 1. The van der Waals surface area contributed by atoms with Gasteiger partial charge >= 0.3 is 0 Å². The predicted molar refractivity (Wildman–Crippen MR) is 76.8 cm³/mol. The number of benzene rings is 1. The number of hydrogen-bond acceptors (Lipinski definition) is 3. The van der Waals surface area contributed by atoms with Gasteiger partial charge in [-0.2, -0.15) is 0 Å². The van der Waals surface area contributed by atoms with Crippen LogP contribution in [0.15, 0.2) is 18.2 Å². The van der Waals surface area contributed by atoms with Crippen LogP contribution in [0.4, 0.5) is 0 Å². The average molecular weight is 250 g/mol. The topological polar surface area (TPSA) is 38.5 Å². The molecule has 0 radical (unpaired) electrons. The highest BCUT2D eigenvalue weighted by atomic mass is 16.5. The summed E-state index contributed by atoms with van der Waals surface area (Å²) >= 11 is 0. The normalized spacial score (nSPS) is 14.8. The zero-order valence-electron chi connectivity index (χ0n) is 12.2. The van der Waals surface area contributed by atoms with Crippen LogP contribution in [0.2, 0.25) is 0 Å². The van der Waals surface area contributed by atoms with Crippen molar-refractivity contribution in [2.75, 3.05) is 27.3 Å². The number of hydrogen-bond donors (Lipinski definition) is 1. The summed E-state index contributed by atoms with van der Waals surface area (Å²) in [4.78, 5) is 2.29. The maximum Gasteiger partial charge on any atom is 0.0615 e. The van der Waals surface area contributed by atoms with E-state index in [4.69, 9.17) is 10.5 Å². The van der Waals surface area contributed by atoms with Crippen molar-refractivity contribution in [2.24, 2.45) is 5.73 Å². The van der Waals surface area contributed by atoms with E-state index < -0.39 is 0 Å². The van der Waals surface area contributed by atoms with Crippen LogP contribution in [0.5, 0.6) is 0 Å². The standard InChI is InChI=1S/C15H26N2O/c1-11-6-12(2)8-14(7-11)15(9-16)17(4)13(3)10-18-5/h6-8,13,15H,9-10,16H2,1-5H3. The molecule has 3 heteroatoms. The monoisotopic (exact) mass is 250 g/mol. The van der Waals surface area contributed by atoms with Crippen molar-refractivity contribution >= 4 is 0 Å². The van der Waals surface area contributed by atoms with Gasteiger partial charge in [-0.3, -0.25) is 4.90 Å². The first-order valence-electron chi connectivity index (χ1n) is 6.48. The Hall–Kier alpha value is -0.900. The van der Waals surface area contributed by atoms with Gasteiger partial charge in [-0.25, -0.2) is 0 Å². The van der Waals surface area contributed by atoms with Gasteiger partial charge < -0.3 is 10.5 Å². The molecular weight excluding hydrogens is 224 g/mol. The Bertz CT molecular complexity index is 359. The Morgan fingerprint density at radius 3 is 2.22 bits per heavy atom. The molecule has 0 heterocycles. The number of nitrogens with two attached hydrogens (primary N) is 1. The summed E-state index contributed by atoms with van der Waals surface area (Å²) in [5.41, 5.74) is 9.83. The van der Waals surface area contributed by atoms with Crippen molar-refractivity contribution in [2.45, 2.75) is 32.9 Å². The van der Waals surface area contributed by atoms with Crippen molar-refractivity contribution in [3.05, 3.63) is 34.9 Å². The Balaban J connectivity index is 2.94. The smallest absolute Gasteiger partial charge is 0.0615 e. The van der Waals surface area contributed by atoms with E-state index in [1.807, 2.05) is 0 Å². The third-order valence-corrected chi connectivity index (χ3v) is 3.45. The summed E-state index contributed by atoms with van der Waals surface area (Å²) < 4.78 is 5.22. The molecule has 18 heavy (non-hydrogen) atoms. The zero-order chi connectivity index (χ0) is 13.7. The van der Waals surface area contributed by atoms with Crippen LogP contribution in [-0.2, 0) is 4.74 Å². The number of aryl methyl sites for hydroxylation is 2. The highest BCUT2D eigenvalue weighted by Crippen LogP contribution is 2.22. The second kappa shape index (κ2) is 6.88. The molecule has 1 rings (SSSR count). The molecule has 0 aliphatic carbocycles. The van der Waals surface area contributed by atoms with Crippen LogP contribution in [0.1, 0.15) is 29.7 Å². The summed E-state index contributed by atoms with van der Waals surface area (Å²) in [6, 6.07) is 7.23. The molecule has 0 aliphatic heterocycles. The number of ether oxygens (including phenoxy) is 1. The molecule has 102 valence electrons. The van der Waals surface area contributed by atoms with Gasteiger partial charge in [0, 0.05) is 25.7 Å². The molecule has 0 aromatic heterocycles. The summed E-state index contributed by atoms with van der Waals surface area (Å²) in [5, 5.41) is 0. The lowest BCUT2D eigenvalue weighted by Gasteiger charge is -2.32. The number of nitrogens with zero attached hydrogens (tertiary/aromatic N) is 1. The minimum Gasteiger partial charge on any atom is -0.383 e. The van der Waals surface area contributed by atoms with E-state index in [0.29, 0.717) is 12.6 Å². The fraction of sp³-hybridized carbons (Fsp3) is 0.600. The van der Waals surface area contributed by atoms with E-state index >= 15 is 0 Å². The molecule has 0 amide bonds. The van der Waals surface area contributed by atoms with Crippen LogP contribution >= 0.6 is 0 Å². The summed E-state index contributed by atoms with van der Waals surface area (Å²) in [6.07, 6.45) is 0. The fourth-order valence-corrected chi connectivity index (χ4v) is 2.41. The molecule has 2 unspecified atom stereocenters. The van der Waals surface area contributed by atoms with E-state index in [1.165, 1.54) is 16.7 Å². The molecule has 0 saturated carbocycles. The van der Waals surface area contributed by atoms with Gasteiger partial charge in [0.2, 0.25) is 0 Å². The third-order valence-electron chi connectivity index (χ3n) is 3.45. The molecule has 0 fully saturated rings. The molecular formula is C15H26N2O. The first kappa shape index (κ1) is 15.2. The second-order valence-corrected chi connectivity index (χ2v) is 5.14. The average Bonchev–Trinajstić information content (AvgIpc) is 2.28. The Morgan fingerprint density at radius 1 is 1.22 bits per heavy atom. The predicted octanol–water partition coefficient (Wildman–Crippen LogP) is 2.27. The SMILES string of the molecule is COCC(C)N(C)C(CN)c1cc(C)cc(C)c1. The van der Waals surface area contributed by atoms with E-state index in [1.54, 1.807) is 7.11 Å². The van der Waals surface area contributed by atoms with E-state index in [-0.39, 0.29) is 6.04 Å². The molecule has 1 aromatic carbocycles. The summed E-state index contributed by atoms with van der Waals surface area (Å²) in [6.45, 7) is 7.76. The zero-order valence-corrected chi connectivity index (χ0v) is 12.2. The molecule has 0 aliphatic rings. The van der Waals surface area contributed by atoms with Gasteiger partial charge in [0.15, 0.2) is 0 Å². The Labute approximate surface area is 111 Å². The molecule has 0 bridgehead atoms. The van der Waals surface area contributed by atoms with Gasteiger partial charge in [0.25, 0.3) is 0 Å². The van der Waals surface area contributed by atoms with E-state index in [2.05, 4.69) is 50.9 Å². The van der Waals surface area contributed by atoms with Crippen molar-refractivity contribution < 1.29 is 4.74 Å². The van der Waals surface area contributed by atoms with Gasteiger partial charge in [0.1, 0.15) is 0 Å². The lowest BCUT2D eigenvalue weighted by molar-refractivity contribution is 0.0910. The third kappa shape index (κ3) is 3.80. The molecule has 0 saturated heterocycles. The van der Waals surface area contributed by atoms with Gasteiger partial charge in [-0.1, -0.05) is 29.3 Å². The highest BCUT2D eigenvalue weighted by molar-refractivity contribution is 5.31. The minimum atomic E-state index is 0.244. The fourth-order valence-electron chi connectivity index (χ4n) is 2.41. The van der Waals surface area contributed by atoms with Crippen LogP contribution in [0, 0.1) is 13.8 Å². The molecule has 1 aromatic rings. The lowest BCUT2D eigenvalue weighted by Crippen LogP contribution is -2.39.